The minimum Gasteiger partial charge on any atom is -0.505 e. The lowest BCUT2D eigenvalue weighted by atomic mass is 10.2. The number of aliphatic hydroxyl groups excluding tert-OH is 4. The first-order chi connectivity index (χ1) is 11.1. The second-order valence-corrected chi connectivity index (χ2v) is 4.70. The molecule has 0 aromatic heterocycles. The van der Waals surface area contributed by atoms with Gasteiger partial charge in [-0.3, -0.25) is 9.79 Å². The Morgan fingerprint density at radius 1 is 1.33 bits per heavy atom. The van der Waals surface area contributed by atoms with E-state index < -0.39 is 48.3 Å². The van der Waals surface area contributed by atoms with E-state index in [0.717, 1.165) is 0 Å². The normalized spacial score (nSPS) is 19.0. The van der Waals surface area contributed by atoms with E-state index in [9.17, 15) is 9.59 Å². The average molecular weight is 350 g/mol. The Bertz CT molecular complexity index is 503. The second-order valence-electron chi connectivity index (χ2n) is 4.70. The lowest BCUT2D eigenvalue weighted by Gasteiger charge is -2.13. The quantitative estimate of drug-likeness (QED) is 0.0999. The first-order valence-corrected chi connectivity index (χ1v) is 6.77. The van der Waals surface area contributed by atoms with Crippen molar-refractivity contribution in [1.82, 2.24) is 0 Å². The molecule has 3 atom stereocenters. The highest BCUT2D eigenvalue weighted by molar-refractivity contribution is 5.89. The van der Waals surface area contributed by atoms with Gasteiger partial charge in [-0.1, -0.05) is 0 Å². The van der Waals surface area contributed by atoms with Crippen molar-refractivity contribution >= 4 is 17.9 Å². The largest absolute Gasteiger partial charge is 0.505 e. The van der Waals surface area contributed by atoms with E-state index >= 15 is 0 Å². The Balaban J connectivity index is 0.000000441. The molecule has 11 N–H and O–H groups in total. The maximum absolute atomic E-state index is 10.5. The van der Waals surface area contributed by atoms with Crippen molar-refractivity contribution < 1.29 is 39.9 Å². The molecule has 12 heteroatoms. The van der Waals surface area contributed by atoms with Crippen molar-refractivity contribution in [1.29, 1.82) is 0 Å². The predicted octanol–water partition coefficient (Wildman–Crippen LogP) is -2.96. The summed E-state index contributed by atoms with van der Waals surface area (Å²) in [5.41, 5.74) is 15.3. The maximum Gasteiger partial charge on any atom is 0.377 e. The number of aliphatic hydroxyl groups is 4. The van der Waals surface area contributed by atoms with Gasteiger partial charge < -0.3 is 47.5 Å². The van der Waals surface area contributed by atoms with Crippen molar-refractivity contribution in [3.63, 3.8) is 0 Å². The third kappa shape index (κ3) is 7.13. The van der Waals surface area contributed by atoms with Crippen molar-refractivity contribution in [3.05, 3.63) is 11.5 Å². The Labute approximate surface area is 136 Å². The molecule has 0 saturated heterocycles. The smallest absolute Gasteiger partial charge is 0.377 e. The van der Waals surface area contributed by atoms with Gasteiger partial charge in [0, 0.05) is 6.54 Å². The predicted molar refractivity (Wildman–Crippen MR) is 80.8 cm³/mol. The van der Waals surface area contributed by atoms with Gasteiger partial charge in [-0.25, -0.2) is 4.79 Å². The zero-order chi connectivity index (χ0) is 18.9. The molecule has 0 amide bonds. The highest BCUT2D eigenvalue weighted by Gasteiger charge is 2.38. The fourth-order valence-corrected chi connectivity index (χ4v) is 1.47. The summed E-state index contributed by atoms with van der Waals surface area (Å²) >= 11 is 0. The van der Waals surface area contributed by atoms with E-state index in [0.29, 0.717) is 19.4 Å². The van der Waals surface area contributed by atoms with Crippen molar-refractivity contribution in [3.8, 4) is 0 Å². The van der Waals surface area contributed by atoms with Gasteiger partial charge in [-0.15, -0.1) is 0 Å². The minimum atomic E-state index is -1.42. The molecular weight excluding hydrogens is 328 g/mol. The number of carboxylic acid groups (broad SMARTS) is 1. The number of carbonyl (C=O) groups excluding carboxylic acids is 1. The Hall–Kier alpha value is -2.57. The van der Waals surface area contributed by atoms with Crippen LogP contribution in [0.4, 0.5) is 0 Å². The van der Waals surface area contributed by atoms with E-state index in [1.165, 1.54) is 0 Å². The molecule has 0 radical (unpaired) electrons. The van der Waals surface area contributed by atoms with Crippen LogP contribution in [0.3, 0.4) is 0 Å². The molecule has 24 heavy (non-hydrogen) atoms. The fraction of sp³-hybridized carbons (Fsp3) is 0.583. The van der Waals surface area contributed by atoms with Crippen LogP contribution in [-0.2, 0) is 14.3 Å². The molecule has 1 aliphatic heterocycles. The number of nitrogens with two attached hydrogens (primary N) is 3. The molecule has 0 saturated carbocycles. The van der Waals surface area contributed by atoms with Crippen LogP contribution in [0, 0.1) is 0 Å². The number of hydrogen-bond acceptors (Lipinski definition) is 9. The molecule has 1 unspecified atom stereocenters. The first kappa shape index (κ1) is 21.4. The fourth-order valence-electron chi connectivity index (χ4n) is 1.47. The molecule has 0 aromatic rings. The number of aliphatic carboxylic acids is 1. The molecule has 0 aromatic carbocycles. The average Bonchev–Trinajstić information content (AvgIpc) is 2.78. The number of esters is 1. The zero-order valence-corrected chi connectivity index (χ0v) is 12.7. The number of ether oxygens (including phenoxy) is 1. The highest BCUT2D eigenvalue weighted by atomic mass is 16.6. The minimum absolute atomic E-state index is 0.0129. The Morgan fingerprint density at radius 2 is 1.92 bits per heavy atom. The standard InChI is InChI=1S/C6H14N4O2.C6H8O6/c7-4(5(11)12)2-1-3-10-6(8)9;7-1-2(8)5-3(9)4(10)6(11)12-5/h4H,1-3,7H2,(H,11,12)(H4,8,9,10);2,5,7-10H,1H2/t;2-,5-/m.1/s1. The molecule has 138 valence electrons. The van der Waals surface area contributed by atoms with Crippen LogP contribution in [0.1, 0.15) is 12.8 Å². The van der Waals surface area contributed by atoms with Crippen LogP contribution in [0.25, 0.3) is 0 Å². The topological polar surface area (TPSA) is 235 Å². The summed E-state index contributed by atoms with van der Waals surface area (Å²) in [6.45, 7) is -0.251. The molecule has 1 rings (SSSR count). The molecule has 0 spiro atoms. The van der Waals surface area contributed by atoms with Gasteiger partial charge in [0.05, 0.1) is 6.61 Å². The van der Waals surface area contributed by atoms with E-state index in [1.807, 2.05) is 0 Å². The summed E-state index contributed by atoms with van der Waals surface area (Å²) in [6.07, 6.45) is -1.82. The Morgan fingerprint density at radius 3 is 2.29 bits per heavy atom. The zero-order valence-electron chi connectivity index (χ0n) is 12.7. The van der Waals surface area contributed by atoms with E-state index in [2.05, 4.69) is 9.73 Å². The monoisotopic (exact) mass is 350 g/mol. The number of hydrogen-bond donors (Lipinski definition) is 8. The molecule has 0 fully saturated rings. The van der Waals surface area contributed by atoms with Crippen LogP contribution in [0.15, 0.2) is 16.5 Å². The van der Waals surface area contributed by atoms with E-state index in [-0.39, 0.29) is 5.96 Å². The van der Waals surface area contributed by atoms with Crippen LogP contribution >= 0.6 is 0 Å². The number of aliphatic imine (C=N–C) groups is 1. The van der Waals surface area contributed by atoms with Gasteiger partial charge in [-0.2, -0.15) is 0 Å². The third-order valence-electron chi connectivity index (χ3n) is 2.76. The summed E-state index contributed by atoms with van der Waals surface area (Å²) in [5.74, 6) is -3.77. The number of cyclic esters (lactones) is 1. The van der Waals surface area contributed by atoms with Crippen molar-refractivity contribution in [2.24, 2.45) is 22.2 Å². The van der Waals surface area contributed by atoms with Gasteiger partial charge in [-0.05, 0) is 12.8 Å². The van der Waals surface area contributed by atoms with Gasteiger partial charge >= 0.3 is 11.9 Å². The summed E-state index contributed by atoms with van der Waals surface area (Å²) in [5, 5.41) is 43.4. The number of carboxylic acids is 1. The molecule has 1 aliphatic rings. The van der Waals surface area contributed by atoms with Crippen LogP contribution in [-0.4, -0.2) is 74.8 Å². The summed E-state index contributed by atoms with van der Waals surface area (Å²) in [4.78, 5) is 24.4. The van der Waals surface area contributed by atoms with Crippen molar-refractivity contribution in [2.75, 3.05) is 13.2 Å². The molecular formula is C12H22N4O8. The number of nitrogens with zero attached hydrogens (tertiary/aromatic N) is 1. The lowest BCUT2D eigenvalue weighted by molar-refractivity contribution is -0.147. The lowest BCUT2D eigenvalue weighted by Crippen LogP contribution is -2.31. The maximum atomic E-state index is 10.5. The van der Waals surface area contributed by atoms with Gasteiger partial charge in [0.15, 0.2) is 17.8 Å². The number of guanidine groups is 1. The van der Waals surface area contributed by atoms with E-state index in [4.69, 9.17) is 42.7 Å². The molecule has 1 heterocycles. The Kier molecular flexibility index (Phi) is 9.15. The summed E-state index contributed by atoms with van der Waals surface area (Å²) in [7, 11) is 0. The van der Waals surface area contributed by atoms with Gasteiger partial charge in [0.2, 0.25) is 5.76 Å². The molecule has 0 bridgehead atoms. The van der Waals surface area contributed by atoms with Crippen LogP contribution in [0.5, 0.6) is 0 Å². The SMILES string of the molecule is NC(N)=NCCCC(N)C(=O)O.O=C1O[C@H]([C@H](O)CO)C(O)=C1O. The van der Waals surface area contributed by atoms with E-state index in [1.54, 1.807) is 0 Å². The van der Waals surface area contributed by atoms with Crippen LogP contribution < -0.4 is 17.2 Å². The first-order valence-electron chi connectivity index (χ1n) is 6.77. The number of rotatable bonds is 7. The second kappa shape index (κ2) is 10.3. The summed E-state index contributed by atoms with van der Waals surface area (Å²) in [6, 6.07) is -0.820. The summed E-state index contributed by atoms with van der Waals surface area (Å²) < 4.78 is 4.32. The van der Waals surface area contributed by atoms with Crippen LogP contribution in [0.2, 0.25) is 0 Å². The molecule has 12 nitrogen and oxygen atoms in total. The molecule has 0 aliphatic carbocycles. The van der Waals surface area contributed by atoms with Gasteiger partial charge in [0.25, 0.3) is 0 Å². The highest BCUT2D eigenvalue weighted by Crippen LogP contribution is 2.20. The van der Waals surface area contributed by atoms with Crippen molar-refractivity contribution in [2.45, 2.75) is 31.1 Å². The van der Waals surface area contributed by atoms with Gasteiger partial charge in [0.1, 0.15) is 12.1 Å². The third-order valence-corrected chi connectivity index (χ3v) is 2.76. The number of carbonyl (C=O) groups is 2.